The van der Waals surface area contributed by atoms with Crippen LogP contribution in [0.3, 0.4) is 0 Å². The molecule has 0 amide bonds. The first kappa shape index (κ1) is 13.2. The summed E-state index contributed by atoms with van der Waals surface area (Å²) < 4.78 is 4.55. The zero-order valence-electron chi connectivity index (χ0n) is 9.03. The minimum absolute atomic E-state index is 0.178. The van der Waals surface area contributed by atoms with E-state index in [0.29, 0.717) is 17.1 Å². The lowest BCUT2D eigenvalue weighted by Gasteiger charge is -2.04. The molecule has 0 heterocycles. The number of anilines is 1. The number of nitrogens with two attached hydrogens (primary N) is 1. The fraction of sp³-hybridized carbons (Fsp3) is 0.364. The van der Waals surface area contributed by atoms with E-state index >= 15 is 0 Å². The van der Waals surface area contributed by atoms with Gasteiger partial charge in [0.05, 0.1) is 24.2 Å². The van der Waals surface area contributed by atoms with Gasteiger partial charge in [0.1, 0.15) is 0 Å². The molecule has 0 saturated carbocycles. The first-order valence-electron chi connectivity index (χ1n) is 4.82. The van der Waals surface area contributed by atoms with E-state index in [9.17, 15) is 4.79 Å². The maximum atomic E-state index is 10.8. The number of methoxy groups -OCH3 is 1. The number of benzene rings is 1. The number of carbonyl (C=O) groups is 1. The van der Waals surface area contributed by atoms with Gasteiger partial charge in [0.15, 0.2) is 0 Å². The van der Waals surface area contributed by atoms with E-state index in [-0.39, 0.29) is 5.97 Å². The number of hydrogen-bond donors (Lipinski definition) is 1. The van der Waals surface area contributed by atoms with Gasteiger partial charge in [-0.1, -0.05) is 17.7 Å². The molecule has 0 saturated heterocycles. The van der Waals surface area contributed by atoms with E-state index in [1.807, 2.05) is 12.1 Å². The second-order valence-corrected chi connectivity index (χ2v) is 4.75. The molecule has 0 aliphatic rings. The standard InChI is InChI=1S/C11H14ClNO2S/c1-15-11(14)4-5-16-7-8-2-3-9(12)10(13)6-8/h2-3,6H,4-5,7,13H2,1H3. The minimum Gasteiger partial charge on any atom is -0.469 e. The van der Waals surface area contributed by atoms with Crippen LogP contribution in [-0.4, -0.2) is 18.8 Å². The van der Waals surface area contributed by atoms with Gasteiger partial charge in [-0.05, 0) is 17.7 Å². The molecule has 0 radical (unpaired) electrons. The zero-order chi connectivity index (χ0) is 12.0. The predicted octanol–water partition coefficient (Wildman–Crippen LogP) is 2.72. The van der Waals surface area contributed by atoms with Crippen LogP contribution in [0.4, 0.5) is 5.69 Å². The van der Waals surface area contributed by atoms with Crippen LogP contribution in [0.1, 0.15) is 12.0 Å². The molecular formula is C11H14ClNO2S. The average Bonchev–Trinajstić information content (AvgIpc) is 2.28. The van der Waals surface area contributed by atoms with Crippen molar-refractivity contribution in [1.29, 1.82) is 0 Å². The Kier molecular flexibility index (Phi) is 5.49. The summed E-state index contributed by atoms with van der Waals surface area (Å²) in [4.78, 5) is 10.8. The molecular weight excluding hydrogens is 246 g/mol. The van der Waals surface area contributed by atoms with Crippen LogP contribution in [-0.2, 0) is 15.3 Å². The molecule has 3 nitrogen and oxygen atoms in total. The number of halogens is 1. The smallest absolute Gasteiger partial charge is 0.306 e. The molecule has 88 valence electrons. The van der Waals surface area contributed by atoms with Gasteiger partial charge in [-0.3, -0.25) is 4.79 Å². The number of thioether (sulfide) groups is 1. The quantitative estimate of drug-likeness (QED) is 0.502. The molecule has 0 spiro atoms. The van der Waals surface area contributed by atoms with Crippen LogP contribution >= 0.6 is 23.4 Å². The van der Waals surface area contributed by atoms with Gasteiger partial charge in [-0.15, -0.1) is 0 Å². The zero-order valence-corrected chi connectivity index (χ0v) is 10.6. The minimum atomic E-state index is -0.178. The van der Waals surface area contributed by atoms with E-state index in [2.05, 4.69) is 4.74 Å². The Morgan fingerprint density at radius 1 is 1.56 bits per heavy atom. The number of ether oxygens (including phenoxy) is 1. The van der Waals surface area contributed by atoms with E-state index in [4.69, 9.17) is 17.3 Å². The molecule has 0 atom stereocenters. The Hall–Kier alpha value is -0.870. The molecule has 2 N–H and O–H groups in total. The number of esters is 1. The van der Waals surface area contributed by atoms with Crippen molar-refractivity contribution in [1.82, 2.24) is 0 Å². The van der Waals surface area contributed by atoms with Crippen LogP contribution in [0, 0.1) is 0 Å². The Morgan fingerprint density at radius 3 is 2.94 bits per heavy atom. The topological polar surface area (TPSA) is 52.3 Å². The lowest BCUT2D eigenvalue weighted by atomic mass is 10.2. The van der Waals surface area contributed by atoms with Crippen molar-refractivity contribution in [3.63, 3.8) is 0 Å². The second-order valence-electron chi connectivity index (χ2n) is 3.23. The highest BCUT2D eigenvalue weighted by Crippen LogP contribution is 2.22. The Bertz CT molecular complexity index is 371. The van der Waals surface area contributed by atoms with Gasteiger partial charge in [-0.25, -0.2) is 0 Å². The summed E-state index contributed by atoms with van der Waals surface area (Å²) in [6.07, 6.45) is 0.435. The van der Waals surface area contributed by atoms with Crippen molar-refractivity contribution in [3.05, 3.63) is 28.8 Å². The number of nitrogen functional groups attached to an aromatic ring is 1. The first-order valence-corrected chi connectivity index (χ1v) is 6.35. The predicted molar refractivity (Wildman–Crippen MR) is 68.7 cm³/mol. The third-order valence-corrected chi connectivity index (χ3v) is 3.38. The van der Waals surface area contributed by atoms with Crippen molar-refractivity contribution in [2.45, 2.75) is 12.2 Å². The summed E-state index contributed by atoms with van der Waals surface area (Å²) in [5.41, 5.74) is 7.38. The van der Waals surface area contributed by atoms with Gasteiger partial charge in [0.2, 0.25) is 0 Å². The molecule has 1 aromatic rings. The third kappa shape index (κ3) is 4.33. The van der Waals surface area contributed by atoms with Crippen LogP contribution in [0.5, 0.6) is 0 Å². The highest BCUT2D eigenvalue weighted by molar-refractivity contribution is 7.98. The van der Waals surface area contributed by atoms with Gasteiger partial charge in [0, 0.05) is 11.5 Å². The highest BCUT2D eigenvalue weighted by atomic mass is 35.5. The van der Waals surface area contributed by atoms with E-state index < -0.39 is 0 Å². The maximum absolute atomic E-state index is 10.8. The van der Waals surface area contributed by atoms with Crippen molar-refractivity contribution < 1.29 is 9.53 Å². The van der Waals surface area contributed by atoms with Crippen molar-refractivity contribution in [2.24, 2.45) is 0 Å². The van der Waals surface area contributed by atoms with Gasteiger partial charge in [0.25, 0.3) is 0 Å². The largest absolute Gasteiger partial charge is 0.469 e. The SMILES string of the molecule is COC(=O)CCSCc1ccc(Cl)c(N)c1. The molecule has 0 aliphatic carbocycles. The number of rotatable bonds is 5. The Morgan fingerprint density at radius 2 is 2.31 bits per heavy atom. The summed E-state index contributed by atoms with van der Waals surface area (Å²) in [6.45, 7) is 0. The van der Waals surface area contributed by atoms with Gasteiger partial charge in [-0.2, -0.15) is 11.8 Å². The van der Waals surface area contributed by atoms with Crippen LogP contribution in [0.15, 0.2) is 18.2 Å². The number of hydrogen-bond acceptors (Lipinski definition) is 4. The third-order valence-electron chi connectivity index (χ3n) is 2.01. The van der Waals surface area contributed by atoms with Crippen LogP contribution in [0.25, 0.3) is 0 Å². The normalized spacial score (nSPS) is 10.1. The fourth-order valence-corrected chi connectivity index (χ4v) is 2.12. The van der Waals surface area contributed by atoms with Gasteiger partial charge >= 0.3 is 5.97 Å². The number of carbonyl (C=O) groups excluding carboxylic acids is 1. The molecule has 0 aromatic heterocycles. The average molecular weight is 260 g/mol. The van der Waals surface area contributed by atoms with Crippen molar-refractivity contribution >= 4 is 35.0 Å². The van der Waals surface area contributed by atoms with Crippen LogP contribution < -0.4 is 5.73 Å². The van der Waals surface area contributed by atoms with E-state index in [1.165, 1.54) is 7.11 Å². The summed E-state index contributed by atoms with van der Waals surface area (Å²) in [6, 6.07) is 5.57. The molecule has 5 heteroatoms. The molecule has 0 fully saturated rings. The van der Waals surface area contributed by atoms with Gasteiger partial charge < -0.3 is 10.5 Å². The molecule has 0 unspecified atom stereocenters. The summed E-state index contributed by atoms with van der Waals surface area (Å²) in [5, 5.41) is 0.573. The summed E-state index contributed by atoms with van der Waals surface area (Å²) in [7, 11) is 1.40. The van der Waals surface area contributed by atoms with Crippen molar-refractivity contribution in [3.8, 4) is 0 Å². The van der Waals surface area contributed by atoms with E-state index in [0.717, 1.165) is 17.1 Å². The highest BCUT2D eigenvalue weighted by Gasteiger charge is 2.01. The lowest BCUT2D eigenvalue weighted by molar-refractivity contribution is -0.140. The molecule has 1 aromatic carbocycles. The maximum Gasteiger partial charge on any atom is 0.306 e. The van der Waals surface area contributed by atoms with Crippen molar-refractivity contribution in [2.75, 3.05) is 18.6 Å². The molecule has 0 aliphatic heterocycles. The first-order chi connectivity index (χ1) is 7.63. The second kappa shape index (κ2) is 6.66. The molecule has 16 heavy (non-hydrogen) atoms. The van der Waals surface area contributed by atoms with Crippen LogP contribution in [0.2, 0.25) is 5.02 Å². The fourth-order valence-electron chi connectivity index (χ4n) is 1.13. The molecule has 0 bridgehead atoms. The Balaban J connectivity index is 2.32. The lowest BCUT2D eigenvalue weighted by Crippen LogP contribution is -2.01. The summed E-state index contributed by atoms with van der Waals surface area (Å²) >= 11 is 7.47. The Labute approximate surface area is 104 Å². The molecule has 1 rings (SSSR count). The summed E-state index contributed by atoms with van der Waals surface area (Å²) in [5.74, 6) is 1.39. The van der Waals surface area contributed by atoms with E-state index in [1.54, 1.807) is 17.8 Å². The monoisotopic (exact) mass is 259 g/mol.